The number of furan rings is 1. The van der Waals surface area contributed by atoms with Crippen LogP contribution in [0.25, 0.3) is 11.1 Å². The first kappa shape index (κ1) is 13.9. The van der Waals surface area contributed by atoms with E-state index in [-0.39, 0.29) is 11.7 Å². The number of hydrogen-bond donors (Lipinski definition) is 0. The van der Waals surface area contributed by atoms with Crippen LogP contribution >= 0.6 is 0 Å². The molecule has 0 radical (unpaired) electrons. The van der Waals surface area contributed by atoms with E-state index in [0.29, 0.717) is 42.6 Å². The molecule has 3 aromatic rings. The molecule has 1 aliphatic rings. The molecule has 0 bridgehead atoms. The maximum atomic E-state index is 12.8. The summed E-state index contributed by atoms with van der Waals surface area (Å²) in [6.07, 6.45) is 1.66. The summed E-state index contributed by atoms with van der Waals surface area (Å²) in [5, 5.41) is 3.78. The van der Waals surface area contributed by atoms with Gasteiger partial charge >= 0.3 is 0 Å². The van der Waals surface area contributed by atoms with Crippen LogP contribution in [0.4, 0.5) is 0 Å². The number of rotatable bonds is 2. The maximum absolute atomic E-state index is 12.8. The summed E-state index contributed by atoms with van der Waals surface area (Å²) in [5.74, 6) is 0.879. The van der Waals surface area contributed by atoms with E-state index in [4.69, 9.17) is 13.7 Å². The lowest BCUT2D eigenvalue weighted by atomic mass is 10.2. The second kappa shape index (κ2) is 5.47. The molecule has 0 saturated carbocycles. The van der Waals surface area contributed by atoms with E-state index in [1.807, 2.05) is 0 Å². The number of aryl methyl sites for hydroxylation is 1. The molecule has 4 heterocycles. The van der Waals surface area contributed by atoms with Crippen molar-refractivity contribution < 1.29 is 18.5 Å². The summed E-state index contributed by atoms with van der Waals surface area (Å²) < 4.78 is 16.3. The van der Waals surface area contributed by atoms with Gasteiger partial charge in [0.2, 0.25) is 0 Å². The minimum atomic E-state index is -0.418. The van der Waals surface area contributed by atoms with Crippen LogP contribution in [0.15, 0.2) is 33.3 Å². The highest BCUT2D eigenvalue weighted by Gasteiger charge is 2.34. The summed E-state index contributed by atoms with van der Waals surface area (Å²) in [7, 11) is 0. The van der Waals surface area contributed by atoms with Crippen molar-refractivity contribution in [3.8, 4) is 0 Å². The van der Waals surface area contributed by atoms with Crippen LogP contribution in [0.1, 0.15) is 28.3 Å². The zero-order valence-electron chi connectivity index (χ0n) is 12.4. The Balaban J connectivity index is 1.67. The number of carbonyl (C=O) groups excluding carboxylic acids is 1. The number of amides is 1. The maximum Gasteiger partial charge on any atom is 0.290 e. The fraction of sp³-hybridized carbons (Fsp3) is 0.333. The molecule has 3 aromatic heterocycles. The molecule has 0 spiro atoms. The number of pyridine rings is 1. The van der Waals surface area contributed by atoms with Gasteiger partial charge in [0, 0.05) is 18.8 Å². The van der Waals surface area contributed by atoms with Crippen LogP contribution in [0.2, 0.25) is 0 Å². The molecule has 1 amide bonds. The second-order valence-electron chi connectivity index (χ2n) is 5.27. The van der Waals surface area contributed by atoms with E-state index in [1.165, 1.54) is 0 Å². The lowest BCUT2D eigenvalue weighted by Gasteiger charge is -2.32. The van der Waals surface area contributed by atoms with Crippen LogP contribution in [-0.2, 0) is 4.74 Å². The molecule has 0 aliphatic carbocycles. The zero-order chi connectivity index (χ0) is 15.8. The minimum Gasteiger partial charge on any atom is -0.449 e. The molecule has 8 nitrogen and oxygen atoms in total. The van der Waals surface area contributed by atoms with Crippen molar-refractivity contribution in [2.45, 2.75) is 13.0 Å². The molecular formula is C15H14N4O4. The normalized spacial score (nSPS) is 18.5. The average molecular weight is 314 g/mol. The van der Waals surface area contributed by atoms with Gasteiger partial charge in [0.05, 0.1) is 13.2 Å². The number of carbonyl (C=O) groups is 1. The van der Waals surface area contributed by atoms with Crippen molar-refractivity contribution in [3.63, 3.8) is 0 Å². The quantitative estimate of drug-likeness (QED) is 0.711. The van der Waals surface area contributed by atoms with E-state index in [1.54, 1.807) is 36.2 Å². The van der Waals surface area contributed by atoms with Crippen LogP contribution < -0.4 is 0 Å². The van der Waals surface area contributed by atoms with Crippen molar-refractivity contribution in [3.05, 3.63) is 41.9 Å². The van der Waals surface area contributed by atoms with Gasteiger partial charge in [-0.3, -0.25) is 9.78 Å². The Kier molecular flexibility index (Phi) is 3.30. The molecule has 1 aliphatic heterocycles. The molecule has 1 atom stereocenters. The minimum absolute atomic E-state index is 0.238. The third-order valence-corrected chi connectivity index (χ3v) is 3.72. The molecular weight excluding hydrogens is 300 g/mol. The van der Waals surface area contributed by atoms with Gasteiger partial charge in [0.15, 0.2) is 17.2 Å². The van der Waals surface area contributed by atoms with Gasteiger partial charge in [-0.25, -0.2) is 0 Å². The predicted molar refractivity (Wildman–Crippen MR) is 77.6 cm³/mol. The highest BCUT2D eigenvalue weighted by atomic mass is 16.5. The van der Waals surface area contributed by atoms with Gasteiger partial charge in [0.1, 0.15) is 11.6 Å². The smallest absolute Gasteiger partial charge is 0.290 e. The first-order valence-electron chi connectivity index (χ1n) is 7.26. The van der Waals surface area contributed by atoms with Crippen molar-refractivity contribution in [1.82, 2.24) is 20.0 Å². The summed E-state index contributed by atoms with van der Waals surface area (Å²) in [4.78, 5) is 22.8. The van der Waals surface area contributed by atoms with Gasteiger partial charge < -0.3 is 18.6 Å². The summed E-state index contributed by atoms with van der Waals surface area (Å²) in [6, 6.07) is 4.76. The summed E-state index contributed by atoms with van der Waals surface area (Å²) in [6.45, 7) is 2.92. The van der Waals surface area contributed by atoms with Crippen LogP contribution in [0.5, 0.6) is 0 Å². The fourth-order valence-corrected chi connectivity index (χ4v) is 2.62. The molecule has 1 fully saturated rings. The topological polar surface area (TPSA) is 94.5 Å². The molecule has 0 aromatic carbocycles. The summed E-state index contributed by atoms with van der Waals surface area (Å²) in [5.41, 5.74) is 1.23. The van der Waals surface area contributed by atoms with E-state index < -0.39 is 6.04 Å². The Morgan fingerprint density at radius 2 is 2.35 bits per heavy atom. The second-order valence-corrected chi connectivity index (χ2v) is 5.27. The van der Waals surface area contributed by atoms with Crippen molar-refractivity contribution >= 4 is 17.0 Å². The highest BCUT2D eigenvalue weighted by molar-refractivity contribution is 5.95. The van der Waals surface area contributed by atoms with Crippen LogP contribution in [-0.4, -0.2) is 45.7 Å². The SMILES string of the molecule is Cc1noc(C2COCCN2C(=O)c2cc3ncccc3o2)n1. The monoisotopic (exact) mass is 314 g/mol. The van der Waals surface area contributed by atoms with E-state index in [0.717, 1.165) is 0 Å². The van der Waals surface area contributed by atoms with Gasteiger partial charge in [-0.1, -0.05) is 5.16 Å². The zero-order valence-corrected chi connectivity index (χ0v) is 12.4. The Morgan fingerprint density at radius 1 is 1.43 bits per heavy atom. The Labute approximate surface area is 131 Å². The average Bonchev–Trinajstić information content (AvgIpc) is 3.20. The van der Waals surface area contributed by atoms with Crippen molar-refractivity contribution in [1.29, 1.82) is 0 Å². The van der Waals surface area contributed by atoms with E-state index >= 15 is 0 Å². The predicted octanol–water partition coefficient (Wildman–Crippen LogP) is 1.73. The van der Waals surface area contributed by atoms with Gasteiger partial charge in [-0.2, -0.15) is 4.98 Å². The number of aromatic nitrogens is 3. The first-order valence-corrected chi connectivity index (χ1v) is 7.26. The number of nitrogens with zero attached hydrogens (tertiary/aromatic N) is 4. The molecule has 8 heteroatoms. The van der Waals surface area contributed by atoms with E-state index in [9.17, 15) is 4.79 Å². The summed E-state index contributed by atoms with van der Waals surface area (Å²) >= 11 is 0. The van der Waals surface area contributed by atoms with Gasteiger partial charge in [-0.15, -0.1) is 0 Å². The number of fused-ring (bicyclic) bond motifs is 1. The highest BCUT2D eigenvalue weighted by Crippen LogP contribution is 2.26. The molecule has 1 saturated heterocycles. The van der Waals surface area contributed by atoms with Crippen LogP contribution in [0.3, 0.4) is 0 Å². The molecule has 118 valence electrons. The molecule has 4 rings (SSSR count). The number of hydrogen-bond acceptors (Lipinski definition) is 7. The molecule has 1 unspecified atom stereocenters. The lowest BCUT2D eigenvalue weighted by molar-refractivity contribution is -0.0132. The molecule has 23 heavy (non-hydrogen) atoms. The Hall–Kier alpha value is -2.74. The molecule has 0 N–H and O–H groups in total. The number of ether oxygens (including phenoxy) is 1. The largest absolute Gasteiger partial charge is 0.449 e. The fourth-order valence-electron chi connectivity index (χ4n) is 2.62. The third-order valence-electron chi connectivity index (χ3n) is 3.72. The Morgan fingerprint density at radius 3 is 3.13 bits per heavy atom. The van der Waals surface area contributed by atoms with E-state index in [2.05, 4.69) is 15.1 Å². The van der Waals surface area contributed by atoms with Crippen LogP contribution in [0, 0.1) is 6.92 Å². The van der Waals surface area contributed by atoms with Crippen molar-refractivity contribution in [2.75, 3.05) is 19.8 Å². The Bertz CT molecular complexity index is 823. The van der Waals surface area contributed by atoms with Crippen molar-refractivity contribution in [2.24, 2.45) is 0 Å². The number of morpholine rings is 1. The van der Waals surface area contributed by atoms with Gasteiger partial charge in [-0.05, 0) is 19.1 Å². The first-order chi connectivity index (χ1) is 11.2. The van der Waals surface area contributed by atoms with Gasteiger partial charge in [0.25, 0.3) is 11.8 Å². The lowest BCUT2D eigenvalue weighted by Crippen LogP contribution is -2.43. The third kappa shape index (κ3) is 2.46. The standard InChI is InChI=1S/C15H14N4O4/c1-9-17-14(23-18-9)11-8-21-6-5-19(11)15(20)13-7-10-12(22-13)3-2-4-16-10/h2-4,7,11H,5-6,8H2,1H3.